The second kappa shape index (κ2) is 7.55. The van der Waals surface area contributed by atoms with Crippen LogP contribution in [0.3, 0.4) is 0 Å². The van der Waals surface area contributed by atoms with Crippen molar-refractivity contribution in [2.45, 2.75) is 52.0 Å². The molecular weight excluding hydrogens is 294 g/mol. The summed E-state index contributed by atoms with van der Waals surface area (Å²) in [6.07, 6.45) is 7.29. The average Bonchev–Trinajstić information content (AvgIpc) is 3.17. The minimum absolute atomic E-state index is 0.372. The number of amides is 1. The zero-order chi connectivity index (χ0) is 15.4. The lowest BCUT2D eigenvalue weighted by Crippen LogP contribution is -2.48. The second-order valence-corrected chi connectivity index (χ2v) is 7.67. The molecule has 2 aliphatic rings. The zero-order valence-corrected chi connectivity index (χ0v) is 14.4. The third-order valence-corrected chi connectivity index (χ3v) is 5.94. The van der Waals surface area contributed by atoms with Crippen molar-refractivity contribution >= 4 is 17.2 Å². The fourth-order valence-electron chi connectivity index (χ4n) is 3.61. The minimum Gasteiger partial charge on any atom is -0.340 e. The first-order chi connectivity index (χ1) is 10.7. The van der Waals surface area contributed by atoms with Gasteiger partial charge in [0, 0.05) is 43.7 Å². The lowest BCUT2D eigenvalue weighted by atomic mass is 10.0. The molecule has 0 atom stereocenters. The summed E-state index contributed by atoms with van der Waals surface area (Å²) in [7, 11) is 0. The Labute approximate surface area is 137 Å². The van der Waals surface area contributed by atoms with E-state index in [2.05, 4.69) is 20.2 Å². The van der Waals surface area contributed by atoms with Gasteiger partial charge in [0.2, 0.25) is 5.91 Å². The number of rotatable bonds is 5. The molecule has 2 fully saturated rings. The predicted molar refractivity (Wildman–Crippen MR) is 89.9 cm³/mol. The SMILES string of the molecule is Cc1csc(CN2CCN(C(=O)CCC3CCCC3)CC2)n1. The lowest BCUT2D eigenvalue weighted by molar-refractivity contribution is -0.133. The van der Waals surface area contributed by atoms with E-state index in [9.17, 15) is 4.79 Å². The molecule has 0 N–H and O–H groups in total. The monoisotopic (exact) mass is 321 g/mol. The molecule has 0 radical (unpaired) electrons. The highest BCUT2D eigenvalue weighted by Gasteiger charge is 2.23. The summed E-state index contributed by atoms with van der Waals surface area (Å²) < 4.78 is 0. The van der Waals surface area contributed by atoms with E-state index in [0.717, 1.165) is 57.2 Å². The van der Waals surface area contributed by atoms with Crippen LogP contribution < -0.4 is 0 Å². The van der Waals surface area contributed by atoms with Crippen molar-refractivity contribution in [3.63, 3.8) is 0 Å². The number of carbonyl (C=O) groups is 1. The molecule has 5 heteroatoms. The molecule has 2 heterocycles. The molecule has 1 saturated carbocycles. The van der Waals surface area contributed by atoms with E-state index in [4.69, 9.17) is 0 Å². The molecule has 0 unspecified atom stereocenters. The van der Waals surface area contributed by atoms with Gasteiger partial charge in [0.25, 0.3) is 0 Å². The van der Waals surface area contributed by atoms with Crippen molar-refractivity contribution in [2.24, 2.45) is 5.92 Å². The normalized spacial score (nSPS) is 20.7. The molecule has 1 aliphatic carbocycles. The van der Waals surface area contributed by atoms with Gasteiger partial charge in [-0.15, -0.1) is 11.3 Å². The first-order valence-corrected chi connectivity index (χ1v) is 9.50. The number of nitrogens with zero attached hydrogens (tertiary/aromatic N) is 3. The van der Waals surface area contributed by atoms with Crippen LogP contribution in [0.5, 0.6) is 0 Å². The van der Waals surface area contributed by atoms with Gasteiger partial charge in [-0.3, -0.25) is 9.69 Å². The summed E-state index contributed by atoms with van der Waals surface area (Å²) in [6.45, 7) is 6.70. The number of aryl methyl sites for hydroxylation is 1. The summed E-state index contributed by atoms with van der Waals surface area (Å²) in [5.41, 5.74) is 1.11. The number of aromatic nitrogens is 1. The van der Waals surface area contributed by atoms with Crippen LogP contribution in [0.1, 0.15) is 49.2 Å². The van der Waals surface area contributed by atoms with Gasteiger partial charge in [0.15, 0.2) is 0 Å². The second-order valence-electron chi connectivity index (χ2n) is 6.73. The Balaban J connectivity index is 1.38. The molecule has 0 aromatic carbocycles. The Morgan fingerprint density at radius 3 is 2.64 bits per heavy atom. The van der Waals surface area contributed by atoms with Crippen molar-refractivity contribution in [1.82, 2.24) is 14.8 Å². The van der Waals surface area contributed by atoms with Gasteiger partial charge in [0.1, 0.15) is 5.01 Å². The van der Waals surface area contributed by atoms with Crippen LogP contribution >= 0.6 is 11.3 Å². The van der Waals surface area contributed by atoms with Crippen LogP contribution in [0.15, 0.2) is 5.38 Å². The van der Waals surface area contributed by atoms with E-state index in [-0.39, 0.29) is 0 Å². The molecule has 122 valence electrons. The smallest absolute Gasteiger partial charge is 0.222 e. The highest BCUT2D eigenvalue weighted by Crippen LogP contribution is 2.28. The number of thiazole rings is 1. The van der Waals surface area contributed by atoms with Crippen LogP contribution in [0.25, 0.3) is 0 Å². The molecule has 1 aromatic heterocycles. The molecule has 1 aromatic rings. The third-order valence-electron chi connectivity index (χ3n) is 4.99. The van der Waals surface area contributed by atoms with Gasteiger partial charge in [-0.2, -0.15) is 0 Å². The molecule has 1 amide bonds. The van der Waals surface area contributed by atoms with E-state index in [0.29, 0.717) is 5.91 Å². The quantitative estimate of drug-likeness (QED) is 0.836. The summed E-state index contributed by atoms with van der Waals surface area (Å²) >= 11 is 1.74. The minimum atomic E-state index is 0.372. The van der Waals surface area contributed by atoms with Crippen molar-refractivity contribution < 1.29 is 4.79 Å². The van der Waals surface area contributed by atoms with Crippen LogP contribution in [0, 0.1) is 12.8 Å². The molecule has 0 spiro atoms. The molecule has 1 saturated heterocycles. The summed E-state index contributed by atoms with van der Waals surface area (Å²) in [5, 5.41) is 3.30. The Morgan fingerprint density at radius 1 is 1.27 bits per heavy atom. The Kier molecular flexibility index (Phi) is 5.47. The van der Waals surface area contributed by atoms with Gasteiger partial charge in [-0.25, -0.2) is 4.98 Å². The van der Waals surface area contributed by atoms with Gasteiger partial charge in [-0.05, 0) is 19.3 Å². The van der Waals surface area contributed by atoms with Crippen LogP contribution in [-0.4, -0.2) is 46.9 Å². The maximum atomic E-state index is 12.3. The molecule has 0 bridgehead atoms. The Bertz CT molecular complexity index is 488. The molecule has 3 rings (SSSR count). The lowest BCUT2D eigenvalue weighted by Gasteiger charge is -2.34. The largest absolute Gasteiger partial charge is 0.340 e. The van der Waals surface area contributed by atoms with Crippen LogP contribution in [-0.2, 0) is 11.3 Å². The number of piperazine rings is 1. The third kappa shape index (κ3) is 4.29. The molecule has 4 nitrogen and oxygen atoms in total. The average molecular weight is 321 g/mol. The standard InChI is InChI=1S/C17H27N3OS/c1-14-13-22-16(18-14)12-19-8-10-20(11-9-19)17(21)7-6-15-4-2-3-5-15/h13,15H,2-12H2,1H3. The summed E-state index contributed by atoms with van der Waals surface area (Å²) in [4.78, 5) is 21.3. The maximum absolute atomic E-state index is 12.3. The Hall–Kier alpha value is -0.940. The fourth-order valence-corrected chi connectivity index (χ4v) is 4.42. The van der Waals surface area contributed by atoms with Crippen LogP contribution in [0.2, 0.25) is 0 Å². The fraction of sp³-hybridized carbons (Fsp3) is 0.765. The van der Waals surface area contributed by atoms with Crippen molar-refractivity contribution in [3.8, 4) is 0 Å². The first-order valence-electron chi connectivity index (χ1n) is 8.62. The van der Waals surface area contributed by atoms with Crippen molar-refractivity contribution in [1.29, 1.82) is 0 Å². The van der Waals surface area contributed by atoms with Gasteiger partial charge >= 0.3 is 0 Å². The summed E-state index contributed by atoms with van der Waals surface area (Å²) in [6, 6.07) is 0. The number of hydrogen-bond donors (Lipinski definition) is 0. The molecular formula is C17H27N3OS. The van der Waals surface area contributed by atoms with Crippen LogP contribution in [0.4, 0.5) is 0 Å². The molecule has 1 aliphatic heterocycles. The number of hydrogen-bond acceptors (Lipinski definition) is 4. The molecule has 22 heavy (non-hydrogen) atoms. The van der Waals surface area contributed by atoms with E-state index >= 15 is 0 Å². The topological polar surface area (TPSA) is 36.4 Å². The van der Waals surface area contributed by atoms with Gasteiger partial charge in [0.05, 0.1) is 6.54 Å². The number of carbonyl (C=O) groups excluding carboxylic acids is 1. The highest BCUT2D eigenvalue weighted by atomic mass is 32.1. The highest BCUT2D eigenvalue weighted by molar-refractivity contribution is 7.09. The maximum Gasteiger partial charge on any atom is 0.222 e. The Morgan fingerprint density at radius 2 is 2.00 bits per heavy atom. The van der Waals surface area contributed by atoms with E-state index in [1.807, 2.05) is 6.92 Å². The van der Waals surface area contributed by atoms with Gasteiger partial charge < -0.3 is 4.90 Å². The van der Waals surface area contributed by atoms with E-state index < -0.39 is 0 Å². The zero-order valence-electron chi connectivity index (χ0n) is 13.6. The van der Waals surface area contributed by atoms with Crippen molar-refractivity contribution in [3.05, 3.63) is 16.1 Å². The van der Waals surface area contributed by atoms with E-state index in [1.54, 1.807) is 11.3 Å². The predicted octanol–water partition coefficient (Wildman–Crippen LogP) is 3.07. The van der Waals surface area contributed by atoms with E-state index in [1.165, 1.54) is 30.7 Å². The van der Waals surface area contributed by atoms with Gasteiger partial charge in [-0.1, -0.05) is 25.7 Å². The summed E-state index contributed by atoms with van der Waals surface area (Å²) in [5.74, 6) is 1.19. The first kappa shape index (κ1) is 15.9. The van der Waals surface area contributed by atoms with Crippen molar-refractivity contribution in [2.75, 3.05) is 26.2 Å².